The van der Waals surface area contributed by atoms with Crippen LogP contribution in [0.2, 0.25) is 0 Å². The highest BCUT2D eigenvalue weighted by molar-refractivity contribution is 5.71. The molecule has 0 N–H and O–H groups in total. The number of hydrogen-bond donors (Lipinski definition) is 0. The summed E-state index contributed by atoms with van der Waals surface area (Å²) in [7, 11) is 0. The highest BCUT2D eigenvalue weighted by atomic mass is 16.6. The van der Waals surface area contributed by atoms with Crippen molar-refractivity contribution in [1.82, 2.24) is 0 Å². The third-order valence-electron chi connectivity index (χ3n) is 7.46. The molecule has 6 heteroatoms. The Balaban J connectivity index is 4.25. The molecule has 0 saturated carbocycles. The van der Waals surface area contributed by atoms with Gasteiger partial charge in [0, 0.05) is 19.3 Å². The average molecular weight is 607 g/mol. The van der Waals surface area contributed by atoms with E-state index < -0.39 is 6.10 Å². The quantitative estimate of drug-likeness (QED) is 0.0338. The van der Waals surface area contributed by atoms with Crippen LogP contribution in [0.25, 0.3) is 0 Å². The lowest BCUT2D eigenvalue weighted by molar-refractivity contribution is -0.167. The molecule has 0 aliphatic heterocycles. The van der Waals surface area contributed by atoms with Crippen LogP contribution in [-0.2, 0) is 28.6 Å². The van der Waals surface area contributed by atoms with E-state index in [2.05, 4.69) is 45.1 Å². The molecule has 0 spiro atoms. The molecule has 0 amide bonds. The van der Waals surface area contributed by atoms with Gasteiger partial charge >= 0.3 is 17.9 Å². The number of hydrogen-bond acceptors (Lipinski definition) is 6. The Morgan fingerprint density at radius 2 is 0.837 bits per heavy atom. The van der Waals surface area contributed by atoms with Gasteiger partial charge in [-0.1, -0.05) is 129 Å². The molecule has 0 radical (unpaired) electrons. The zero-order valence-electron chi connectivity index (χ0n) is 28.2. The lowest BCUT2D eigenvalue weighted by Crippen LogP contribution is -2.30. The van der Waals surface area contributed by atoms with E-state index in [1.807, 2.05) is 0 Å². The van der Waals surface area contributed by atoms with Crippen molar-refractivity contribution in [2.45, 2.75) is 181 Å². The largest absolute Gasteiger partial charge is 0.462 e. The first-order chi connectivity index (χ1) is 21.0. The Labute approximate surface area is 264 Å². The van der Waals surface area contributed by atoms with Gasteiger partial charge in [0.1, 0.15) is 13.2 Å². The summed E-state index contributed by atoms with van der Waals surface area (Å²) in [6.07, 6.45) is 32.2. The number of allylic oxidation sites excluding steroid dienone is 4. The molecular weight excluding hydrogens is 540 g/mol. The predicted octanol–water partition coefficient (Wildman–Crippen LogP) is 10.5. The van der Waals surface area contributed by atoms with Crippen molar-refractivity contribution in [3.05, 3.63) is 24.3 Å². The summed E-state index contributed by atoms with van der Waals surface area (Å²) in [5.41, 5.74) is 0. The van der Waals surface area contributed by atoms with Crippen LogP contribution in [0.4, 0.5) is 0 Å². The van der Waals surface area contributed by atoms with Gasteiger partial charge in [-0.25, -0.2) is 0 Å². The number of unbranched alkanes of at least 4 members (excludes halogenated alkanes) is 16. The predicted molar refractivity (Wildman–Crippen MR) is 178 cm³/mol. The van der Waals surface area contributed by atoms with Gasteiger partial charge in [-0.3, -0.25) is 14.4 Å². The van der Waals surface area contributed by atoms with Gasteiger partial charge in [-0.15, -0.1) is 0 Å². The first kappa shape index (κ1) is 40.9. The normalized spacial score (nSPS) is 11.5. The highest BCUT2D eigenvalue weighted by Crippen LogP contribution is 2.11. The topological polar surface area (TPSA) is 78.9 Å². The van der Waals surface area contributed by atoms with Gasteiger partial charge in [-0.05, 0) is 51.4 Å². The van der Waals surface area contributed by atoms with Gasteiger partial charge in [0.05, 0.1) is 0 Å². The molecule has 0 heterocycles. The van der Waals surface area contributed by atoms with Crippen molar-refractivity contribution >= 4 is 17.9 Å². The minimum Gasteiger partial charge on any atom is -0.462 e. The van der Waals surface area contributed by atoms with Crippen LogP contribution in [-0.4, -0.2) is 37.2 Å². The third kappa shape index (κ3) is 31.1. The van der Waals surface area contributed by atoms with E-state index in [9.17, 15) is 14.4 Å². The van der Waals surface area contributed by atoms with E-state index in [0.717, 1.165) is 96.3 Å². The molecule has 250 valence electrons. The van der Waals surface area contributed by atoms with Crippen LogP contribution >= 0.6 is 0 Å². The fourth-order valence-corrected chi connectivity index (χ4v) is 4.70. The molecule has 0 saturated heterocycles. The summed E-state index contributed by atoms with van der Waals surface area (Å²) in [6, 6.07) is 0. The third-order valence-corrected chi connectivity index (χ3v) is 7.46. The van der Waals surface area contributed by atoms with E-state index in [0.29, 0.717) is 19.3 Å². The van der Waals surface area contributed by atoms with Crippen LogP contribution in [0.15, 0.2) is 24.3 Å². The summed E-state index contributed by atoms with van der Waals surface area (Å²) in [5, 5.41) is 0. The van der Waals surface area contributed by atoms with Gasteiger partial charge in [-0.2, -0.15) is 0 Å². The monoisotopic (exact) mass is 606 g/mol. The molecule has 6 nitrogen and oxygen atoms in total. The maximum Gasteiger partial charge on any atom is 0.306 e. The van der Waals surface area contributed by atoms with Crippen molar-refractivity contribution in [2.24, 2.45) is 0 Å². The van der Waals surface area contributed by atoms with E-state index in [1.54, 1.807) is 0 Å². The number of esters is 3. The van der Waals surface area contributed by atoms with E-state index in [-0.39, 0.29) is 31.1 Å². The minimum atomic E-state index is -0.765. The fourth-order valence-electron chi connectivity index (χ4n) is 4.70. The average Bonchev–Trinajstić information content (AvgIpc) is 3.00. The zero-order valence-corrected chi connectivity index (χ0v) is 28.2. The maximum absolute atomic E-state index is 12.5. The van der Waals surface area contributed by atoms with Gasteiger partial charge < -0.3 is 14.2 Å². The lowest BCUT2D eigenvalue weighted by Gasteiger charge is -2.18. The Morgan fingerprint density at radius 1 is 0.465 bits per heavy atom. The number of carbonyl (C=O) groups excluding carboxylic acids is 3. The van der Waals surface area contributed by atoms with Crippen molar-refractivity contribution in [2.75, 3.05) is 13.2 Å². The molecule has 0 fully saturated rings. The SMILES string of the molecule is CCCCC/C=C/C/C=C/CCCCCCCC(=O)OC(COC(=O)CCCCCCC)COC(=O)CCCCCCC. The second-order valence-electron chi connectivity index (χ2n) is 11.8. The van der Waals surface area contributed by atoms with Crippen molar-refractivity contribution < 1.29 is 28.6 Å². The van der Waals surface area contributed by atoms with Crippen molar-refractivity contribution in [3.8, 4) is 0 Å². The van der Waals surface area contributed by atoms with Crippen molar-refractivity contribution in [1.29, 1.82) is 0 Å². The first-order valence-corrected chi connectivity index (χ1v) is 17.8. The van der Waals surface area contributed by atoms with Crippen LogP contribution in [0.3, 0.4) is 0 Å². The zero-order chi connectivity index (χ0) is 31.6. The second-order valence-corrected chi connectivity index (χ2v) is 11.8. The van der Waals surface area contributed by atoms with Crippen LogP contribution < -0.4 is 0 Å². The number of ether oxygens (including phenoxy) is 3. The summed E-state index contributed by atoms with van der Waals surface area (Å²) < 4.78 is 16.3. The Morgan fingerprint density at radius 3 is 1.33 bits per heavy atom. The number of rotatable bonds is 31. The van der Waals surface area contributed by atoms with Crippen molar-refractivity contribution in [3.63, 3.8) is 0 Å². The Bertz CT molecular complexity index is 684. The molecule has 0 rings (SSSR count). The molecule has 0 bridgehead atoms. The number of carbonyl (C=O) groups is 3. The first-order valence-electron chi connectivity index (χ1n) is 17.8. The summed E-state index contributed by atoms with van der Waals surface area (Å²) in [4.78, 5) is 36.9. The molecule has 0 atom stereocenters. The lowest BCUT2D eigenvalue weighted by atomic mass is 10.1. The molecule has 0 aromatic heterocycles. The molecule has 0 aromatic rings. The van der Waals surface area contributed by atoms with Gasteiger partial charge in [0.2, 0.25) is 0 Å². The summed E-state index contributed by atoms with van der Waals surface area (Å²) >= 11 is 0. The van der Waals surface area contributed by atoms with E-state index in [1.165, 1.54) is 38.5 Å². The van der Waals surface area contributed by atoms with E-state index >= 15 is 0 Å². The van der Waals surface area contributed by atoms with Crippen LogP contribution in [0, 0.1) is 0 Å². The van der Waals surface area contributed by atoms with Gasteiger partial charge in [0.25, 0.3) is 0 Å². The summed E-state index contributed by atoms with van der Waals surface area (Å²) in [5.74, 6) is -0.927. The molecule has 0 unspecified atom stereocenters. The van der Waals surface area contributed by atoms with Gasteiger partial charge in [0.15, 0.2) is 6.10 Å². The highest BCUT2D eigenvalue weighted by Gasteiger charge is 2.19. The molecule has 0 aliphatic carbocycles. The minimum absolute atomic E-state index is 0.0779. The maximum atomic E-state index is 12.5. The van der Waals surface area contributed by atoms with E-state index in [4.69, 9.17) is 14.2 Å². The smallest absolute Gasteiger partial charge is 0.306 e. The molecular formula is C37H66O6. The molecule has 43 heavy (non-hydrogen) atoms. The summed E-state index contributed by atoms with van der Waals surface area (Å²) in [6.45, 7) is 6.39. The van der Waals surface area contributed by atoms with Crippen LogP contribution in [0.1, 0.15) is 175 Å². The standard InChI is InChI=1S/C37H66O6/c1-4-7-10-13-14-15-16-17-18-19-20-21-22-25-28-31-37(40)43-34(32-41-35(38)29-26-23-11-8-5-2)33-42-36(39)30-27-24-12-9-6-3/h14-15,17-18,34H,4-13,16,19-33H2,1-3H3/b15-14+,18-17+. The van der Waals surface area contributed by atoms with Crippen LogP contribution in [0.5, 0.6) is 0 Å². The fraction of sp³-hybridized carbons (Fsp3) is 0.811. The second kappa shape index (κ2) is 32.8. The Kier molecular flexibility index (Phi) is 31.2. The molecule has 0 aliphatic rings. The Hall–Kier alpha value is -2.11. The molecule has 0 aromatic carbocycles.